The van der Waals surface area contributed by atoms with Gasteiger partial charge in [-0.05, 0) is 37.5 Å². The van der Waals surface area contributed by atoms with E-state index < -0.39 is 6.04 Å². The average Bonchev–Trinajstić information content (AvgIpc) is 2.77. The molecule has 1 aromatic carbocycles. The molecule has 0 aromatic heterocycles. The van der Waals surface area contributed by atoms with E-state index in [-0.39, 0.29) is 17.6 Å². The van der Waals surface area contributed by atoms with Gasteiger partial charge >= 0.3 is 0 Å². The number of imide groups is 1. The molecule has 2 N–H and O–H groups in total. The quantitative estimate of drug-likeness (QED) is 0.645. The SMILES string of the molecule is O=C1CCC(Nc2ccc(N3CCN(CCOC4CCCCC4)CC3)c(F)c2)C(=O)N1. The normalized spacial score (nSPS) is 23.6. The Labute approximate surface area is 183 Å². The minimum absolute atomic E-state index is 0.260. The molecule has 170 valence electrons. The lowest BCUT2D eigenvalue weighted by atomic mass is 9.98. The summed E-state index contributed by atoms with van der Waals surface area (Å²) in [5, 5.41) is 5.34. The third-order valence-electron chi connectivity index (χ3n) is 6.55. The van der Waals surface area contributed by atoms with Crippen LogP contribution in [0.25, 0.3) is 0 Å². The summed E-state index contributed by atoms with van der Waals surface area (Å²) in [4.78, 5) is 27.6. The zero-order valence-electron chi connectivity index (χ0n) is 18.1. The molecule has 1 aromatic rings. The first-order valence-corrected chi connectivity index (χ1v) is 11.6. The highest BCUT2D eigenvalue weighted by Gasteiger charge is 2.27. The molecule has 3 aliphatic rings. The topological polar surface area (TPSA) is 73.9 Å². The van der Waals surface area contributed by atoms with Crippen molar-refractivity contribution in [3.8, 4) is 0 Å². The largest absolute Gasteiger partial charge is 0.377 e. The lowest BCUT2D eigenvalue weighted by Crippen LogP contribution is -2.48. The zero-order valence-corrected chi connectivity index (χ0v) is 18.1. The van der Waals surface area contributed by atoms with Crippen LogP contribution in [0, 0.1) is 5.82 Å². The van der Waals surface area contributed by atoms with Gasteiger partial charge in [-0.3, -0.25) is 19.8 Å². The number of halogens is 1. The van der Waals surface area contributed by atoms with Gasteiger partial charge in [-0.2, -0.15) is 0 Å². The molecule has 2 amide bonds. The standard InChI is InChI=1S/C23H33FN4O3/c24-19-16-17(25-20-7-9-22(29)26-23(20)30)6-8-21(19)28-12-10-27(11-13-28)14-15-31-18-4-2-1-3-5-18/h6,8,16,18,20,25H,1-5,7,9-15H2,(H,26,29,30). The van der Waals surface area contributed by atoms with Crippen LogP contribution in [0.5, 0.6) is 0 Å². The number of amides is 2. The fourth-order valence-corrected chi connectivity index (χ4v) is 4.68. The van der Waals surface area contributed by atoms with Crippen LogP contribution >= 0.6 is 0 Å². The van der Waals surface area contributed by atoms with Gasteiger partial charge in [-0.15, -0.1) is 0 Å². The number of anilines is 2. The summed E-state index contributed by atoms with van der Waals surface area (Å²) >= 11 is 0. The third-order valence-corrected chi connectivity index (χ3v) is 6.55. The molecule has 3 fully saturated rings. The number of ether oxygens (including phenoxy) is 1. The fraction of sp³-hybridized carbons (Fsp3) is 0.652. The molecule has 1 unspecified atom stereocenters. The molecule has 31 heavy (non-hydrogen) atoms. The van der Waals surface area contributed by atoms with Gasteiger partial charge in [0.15, 0.2) is 0 Å². The van der Waals surface area contributed by atoms with Crippen LogP contribution in [-0.4, -0.2) is 68.2 Å². The van der Waals surface area contributed by atoms with Crippen LogP contribution in [0.15, 0.2) is 18.2 Å². The van der Waals surface area contributed by atoms with E-state index in [1.54, 1.807) is 12.1 Å². The first kappa shape index (κ1) is 22.0. The number of benzene rings is 1. The molecule has 1 saturated carbocycles. The maximum atomic E-state index is 14.8. The number of nitrogens with one attached hydrogen (secondary N) is 2. The van der Waals surface area contributed by atoms with E-state index in [0.29, 0.717) is 30.3 Å². The Hall–Kier alpha value is -2.19. The second-order valence-corrected chi connectivity index (χ2v) is 8.77. The number of hydrogen-bond acceptors (Lipinski definition) is 6. The first-order valence-electron chi connectivity index (χ1n) is 11.6. The van der Waals surface area contributed by atoms with Crippen LogP contribution in [0.2, 0.25) is 0 Å². The van der Waals surface area contributed by atoms with Gasteiger partial charge in [0.2, 0.25) is 11.8 Å². The predicted octanol–water partition coefficient (Wildman–Crippen LogP) is 2.51. The van der Waals surface area contributed by atoms with Crippen molar-refractivity contribution >= 4 is 23.2 Å². The first-order chi connectivity index (χ1) is 15.1. The van der Waals surface area contributed by atoms with E-state index in [0.717, 1.165) is 39.3 Å². The van der Waals surface area contributed by atoms with E-state index in [1.807, 2.05) is 0 Å². The molecule has 0 spiro atoms. The lowest BCUT2D eigenvalue weighted by molar-refractivity contribution is -0.133. The van der Waals surface area contributed by atoms with Crippen molar-refractivity contribution in [2.75, 3.05) is 49.5 Å². The monoisotopic (exact) mass is 432 g/mol. The molecule has 0 bridgehead atoms. The van der Waals surface area contributed by atoms with Crippen LogP contribution in [0.1, 0.15) is 44.9 Å². The van der Waals surface area contributed by atoms with Crippen molar-refractivity contribution in [3.05, 3.63) is 24.0 Å². The molecule has 7 nitrogen and oxygen atoms in total. The van der Waals surface area contributed by atoms with Crippen molar-refractivity contribution in [1.29, 1.82) is 0 Å². The molecule has 1 atom stereocenters. The van der Waals surface area contributed by atoms with Gasteiger partial charge in [0, 0.05) is 44.8 Å². The summed E-state index contributed by atoms with van der Waals surface area (Å²) in [6.45, 7) is 5.05. The molecule has 4 rings (SSSR count). The smallest absolute Gasteiger partial charge is 0.249 e. The summed E-state index contributed by atoms with van der Waals surface area (Å²) in [6.07, 6.45) is 7.46. The van der Waals surface area contributed by atoms with Gasteiger partial charge < -0.3 is 15.0 Å². The summed E-state index contributed by atoms with van der Waals surface area (Å²) in [7, 11) is 0. The fourth-order valence-electron chi connectivity index (χ4n) is 4.68. The second kappa shape index (κ2) is 10.4. The molecule has 8 heteroatoms. The molecular formula is C23H33FN4O3. The molecule has 1 aliphatic carbocycles. The zero-order chi connectivity index (χ0) is 21.6. The summed E-state index contributed by atoms with van der Waals surface area (Å²) in [5.41, 5.74) is 1.14. The van der Waals surface area contributed by atoms with Crippen LogP contribution in [0.4, 0.5) is 15.8 Å². The number of piperidine rings is 1. The Bertz CT molecular complexity index is 776. The number of rotatable bonds is 7. The molecule has 2 aliphatic heterocycles. The average molecular weight is 433 g/mol. The Balaban J connectivity index is 1.23. The Morgan fingerprint density at radius 2 is 1.84 bits per heavy atom. The van der Waals surface area contributed by atoms with Crippen molar-refractivity contribution in [2.24, 2.45) is 0 Å². The van der Waals surface area contributed by atoms with Gasteiger partial charge in [0.05, 0.1) is 18.4 Å². The minimum atomic E-state index is -0.512. The summed E-state index contributed by atoms with van der Waals surface area (Å²) in [6, 6.07) is 4.49. The third kappa shape index (κ3) is 5.95. The van der Waals surface area contributed by atoms with Crippen molar-refractivity contribution < 1.29 is 18.7 Å². The molecular weight excluding hydrogens is 399 g/mol. The number of carbonyl (C=O) groups is 2. The van der Waals surface area contributed by atoms with Crippen molar-refractivity contribution in [1.82, 2.24) is 10.2 Å². The van der Waals surface area contributed by atoms with Gasteiger partial charge in [-0.1, -0.05) is 19.3 Å². The van der Waals surface area contributed by atoms with Crippen molar-refractivity contribution in [2.45, 2.75) is 57.1 Å². The van der Waals surface area contributed by atoms with Crippen LogP contribution < -0.4 is 15.5 Å². The van der Waals surface area contributed by atoms with Gasteiger partial charge in [0.1, 0.15) is 11.9 Å². The van der Waals surface area contributed by atoms with Crippen LogP contribution in [-0.2, 0) is 14.3 Å². The highest BCUT2D eigenvalue weighted by Crippen LogP contribution is 2.25. The van der Waals surface area contributed by atoms with E-state index >= 15 is 0 Å². The highest BCUT2D eigenvalue weighted by molar-refractivity contribution is 6.01. The molecule has 2 heterocycles. The van der Waals surface area contributed by atoms with Gasteiger partial charge in [0.25, 0.3) is 0 Å². The number of piperazine rings is 1. The molecule has 2 saturated heterocycles. The maximum Gasteiger partial charge on any atom is 0.249 e. The lowest BCUT2D eigenvalue weighted by Gasteiger charge is -2.36. The van der Waals surface area contributed by atoms with E-state index in [2.05, 4.69) is 20.4 Å². The van der Waals surface area contributed by atoms with E-state index in [4.69, 9.17) is 4.74 Å². The van der Waals surface area contributed by atoms with E-state index in [9.17, 15) is 14.0 Å². The number of hydrogen-bond donors (Lipinski definition) is 2. The highest BCUT2D eigenvalue weighted by atomic mass is 19.1. The minimum Gasteiger partial charge on any atom is -0.377 e. The van der Waals surface area contributed by atoms with E-state index in [1.165, 1.54) is 38.2 Å². The Kier molecular flexibility index (Phi) is 7.40. The predicted molar refractivity (Wildman–Crippen MR) is 118 cm³/mol. The van der Waals surface area contributed by atoms with Crippen LogP contribution in [0.3, 0.4) is 0 Å². The van der Waals surface area contributed by atoms with Crippen molar-refractivity contribution in [3.63, 3.8) is 0 Å². The number of nitrogens with zero attached hydrogens (tertiary/aromatic N) is 2. The Morgan fingerprint density at radius 3 is 2.55 bits per heavy atom. The maximum absolute atomic E-state index is 14.8. The molecule has 0 radical (unpaired) electrons. The summed E-state index contributed by atoms with van der Waals surface area (Å²) < 4.78 is 20.8. The second-order valence-electron chi connectivity index (χ2n) is 8.77. The summed E-state index contributed by atoms with van der Waals surface area (Å²) in [5.74, 6) is -0.917. The van der Waals surface area contributed by atoms with Gasteiger partial charge in [-0.25, -0.2) is 4.39 Å². The Morgan fingerprint density at radius 1 is 1.06 bits per heavy atom. The number of carbonyl (C=O) groups excluding carboxylic acids is 2.